The third-order valence-electron chi connectivity index (χ3n) is 3.72. The molecule has 1 aromatic heterocycles. The van der Waals surface area contributed by atoms with Gasteiger partial charge in [-0.3, -0.25) is 0 Å². The molecule has 1 heterocycles. The Kier molecular flexibility index (Phi) is 5.30. The average molecular weight is 356 g/mol. The highest BCUT2D eigenvalue weighted by Crippen LogP contribution is 2.25. The van der Waals surface area contributed by atoms with Crippen LogP contribution in [0.2, 0.25) is 5.02 Å². The van der Waals surface area contributed by atoms with Crippen molar-refractivity contribution in [3.05, 3.63) is 64.8 Å². The lowest BCUT2D eigenvalue weighted by molar-refractivity contribution is 0.410. The molecule has 0 unspecified atom stereocenters. The summed E-state index contributed by atoms with van der Waals surface area (Å²) in [5.74, 6) is 1.82. The van der Waals surface area contributed by atoms with Crippen LogP contribution in [-0.4, -0.2) is 22.3 Å². The van der Waals surface area contributed by atoms with Crippen LogP contribution >= 0.6 is 11.6 Å². The number of aromatic nitrogens is 3. The van der Waals surface area contributed by atoms with E-state index in [1.165, 1.54) is 0 Å². The molecule has 7 heteroatoms. The first-order valence-corrected chi connectivity index (χ1v) is 8.13. The molecule has 0 amide bonds. The maximum absolute atomic E-state index is 6.14. The van der Waals surface area contributed by atoms with E-state index >= 15 is 0 Å². The van der Waals surface area contributed by atoms with Gasteiger partial charge < -0.3 is 15.4 Å². The molecule has 0 saturated heterocycles. The Balaban J connectivity index is 1.72. The summed E-state index contributed by atoms with van der Waals surface area (Å²) in [5.41, 5.74) is 2.84. The van der Waals surface area contributed by atoms with Gasteiger partial charge >= 0.3 is 0 Å². The van der Waals surface area contributed by atoms with Crippen molar-refractivity contribution in [3.63, 3.8) is 0 Å². The monoisotopic (exact) mass is 355 g/mol. The van der Waals surface area contributed by atoms with Crippen molar-refractivity contribution >= 4 is 29.1 Å². The highest BCUT2D eigenvalue weighted by Gasteiger charge is 2.06. The number of ether oxygens (including phenoxy) is 1. The molecule has 0 aliphatic rings. The number of nitrogens with one attached hydrogen (secondary N) is 2. The summed E-state index contributed by atoms with van der Waals surface area (Å²) in [5, 5.41) is 15.1. The van der Waals surface area contributed by atoms with E-state index < -0.39 is 0 Å². The normalized spacial score (nSPS) is 10.4. The van der Waals surface area contributed by atoms with E-state index in [0.29, 0.717) is 23.3 Å². The number of para-hydroxylation sites is 1. The molecule has 25 heavy (non-hydrogen) atoms. The van der Waals surface area contributed by atoms with Gasteiger partial charge in [0.05, 0.1) is 13.3 Å². The van der Waals surface area contributed by atoms with Crippen molar-refractivity contribution < 1.29 is 4.74 Å². The van der Waals surface area contributed by atoms with Gasteiger partial charge in [0.15, 0.2) is 5.82 Å². The molecule has 6 nitrogen and oxygen atoms in total. The zero-order valence-electron chi connectivity index (χ0n) is 14.0. The van der Waals surface area contributed by atoms with Crippen LogP contribution in [0, 0.1) is 6.92 Å². The lowest BCUT2D eigenvalue weighted by atomic mass is 10.2. The van der Waals surface area contributed by atoms with Crippen molar-refractivity contribution in [2.24, 2.45) is 0 Å². The lowest BCUT2D eigenvalue weighted by Gasteiger charge is -2.11. The standard InChI is InChI=1S/C18H18ClN5O/c1-12-14(19)7-5-8-15(12)22-17-11-21-24-18(23-17)20-10-13-6-3-4-9-16(13)25-2/h3-9,11H,10H2,1-2H3,(H2,20,22,23,24). The predicted molar refractivity (Wildman–Crippen MR) is 99.6 cm³/mol. The molecule has 2 aromatic carbocycles. The van der Waals surface area contributed by atoms with Crippen LogP contribution < -0.4 is 15.4 Å². The lowest BCUT2D eigenvalue weighted by Crippen LogP contribution is -2.07. The fourth-order valence-corrected chi connectivity index (χ4v) is 2.52. The summed E-state index contributed by atoms with van der Waals surface area (Å²) >= 11 is 6.14. The van der Waals surface area contributed by atoms with E-state index in [-0.39, 0.29) is 0 Å². The largest absolute Gasteiger partial charge is 0.496 e. The Hall–Kier alpha value is -2.86. The predicted octanol–water partition coefficient (Wildman–Crippen LogP) is 4.20. The van der Waals surface area contributed by atoms with Gasteiger partial charge in [-0.1, -0.05) is 35.9 Å². The average Bonchev–Trinajstić information content (AvgIpc) is 2.64. The molecular weight excluding hydrogens is 338 g/mol. The van der Waals surface area contributed by atoms with E-state index in [1.807, 2.05) is 49.4 Å². The highest BCUT2D eigenvalue weighted by atomic mass is 35.5. The molecule has 3 rings (SSSR count). The summed E-state index contributed by atoms with van der Waals surface area (Å²) in [6.45, 7) is 2.48. The molecule has 0 atom stereocenters. The van der Waals surface area contributed by atoms with Crippen LogP contribution in [-0.2, 0) is 6.54 Å². The summed E-state index contributed by atoms with van der Waals surface area (Å²) in [7, 11) is 1.65. The number of anilines is 3. The second-order valence-electron chi connectivity index (χ2n) is 5.37. The molecule has 128 valence electrons. The highest BCUT2D eigenvalue weighted by molar-refractivity contribution is 6.31. The van der Waals surface area contributed by atoms with Crippen molar-refractivity contribution in [2.75, 3.05) is 17.7 Å². The molecule has 2 N–H and O–H groups in total. The molecule has 0 aliphatic carbocycles. The quantitative estimate of drug-likeness (QED) is 0.690. The van der Waals surface area contributed by atoms with Crippen LogP contribution in [0.1, 0.15) is 11.1 Å². The summed E-state index contributed by atoms with van der Waals surface area (Å²) in [4.78, 5) is 4.43. The van der Waals surface area contributed by atoms with Gasteiger partial charge in [-0.2, -0.15) is 10.1 Å². The summed E-state index contributed by atoms with van der Waals surface area (Å²) in [6, 6.07) is 13.4. The molecule has 3 aromatic rings. The third kappa shape index (κ3) is 4.16. The molecule has 0 fully saturated rings. The summed E-state index contributed by atoms with van der Waals surface area (Å²) in [6.07, 6.45) is 1.56. The molecule has 0 aliphatic heterocycles. The second kappa shape index (κ2) is 7.81. The van der Waals surface area contributed by atoms with Gasteiger partial charge in [-0.15, -0.1) is 5.10 Å². The molecular formula is C18H18ClN5O. The third-order valence-corrected chi connectivity index (χ3v) is 4.13. The summed E-state index contributed by atoms with van der Waals surface area (Å²) < 4.78 is 5.34. The van der Waals surface area contributed by atoms with Gasteiger partial charge in [0.2, 0.25) is 5.95 Å². The van der Waals surface area contributed by atoms with Gasteiger partial charge in [0, 0.05) is 22.8 Å². The Labute approximate surface area is 151 Å². The van der Waals surface area contributed by atoms with Crippen LogP contribution in [0.15, 0.2) is 48.7 Å². The smallest absolute Gasteiger partial charge is 0.244 e. The SMILES string of the molecule is COc1ccccc1CNc1nncc(Nc2cccc(Cl)c2C)n1. The molecule has 0 radical (unpaired) electrons. The Morgan fingerprint density at radius 3 is 2.80 bits per heavy atom. The zero-order chi connectivity index (χ0) is 17.6. The minimum absolute atomic E-state index is 0.426. The Morgan fingerprint density at radius 1 is 1.12 bits per heavy atom. The number of nitrogens with zero attached hydrogens (tertiary/aromatic N) is 3. The first kappa shape index (κ1) is 17.0. The molecule has 0 bridgehead atoms. The van der Waals surface area contributed by atoms with E-state index in [1.54, 1.807) is 13.3 Å². The maximum Gasteiger partial charge on any atom is 0.244 e. The number of rotatable bonds is 6. The number of methoxy groups -OCH3 is 1. The number of hydrogen-bond acceptors (Lipinski definition) is 6. The molecule has 0 spiro atoms. The minimum Gasteiger partial charge on any atom is -0.496 e. The Morgan fingerprint density at radius 2 is 1.96 bits per heavy atom. The van der Waals surface area contributed by atoms with E-state index in [9.17, 15) is 0 Å². The van der Waals surface area contributed by atoms with Gasteiger partial charge in [-0.25, -0.2) is 0 Å². The first-order valence-electron chi connectivity index (χ1n) is 7.75. The zero-order valence-corrected chi connectivity index (χ0v) is 14.7. The van der Waals surface area contributed by atoms with E-state index in [2.05, 4.69) is 25.8 Å². The van der Waals surface area contributed by atoms with E-state index in [0.717, 1.165) is 22.6 Å². The van der Waals surface area contributed by atoms with Crippen LogP contribution in [0.4, 0.5) is 17.5 Å². The van der Waals surface area contributed by atoms with Gasteiger partial charge in [-0.05, 0) is 30.7 Å². The van der Waals surface area contributed by atoms with Crippen LogP contribution in [0.5, 0.6) is 5.75 Å². The van der Waals surface area contributed by atoms with Crippen molar-refractivity contribution in [2.45, 2.75) is 13.5 Å². The van der Waals surface area contributed by atoms with E-state index in [4.69, 9.17) is 16.3 Å². The minimum atomic E-state index is 0.426. The Bertz CT molecular complexity index is 872. The second-order valence-corrected chi connectivity index (χ2v) is 5.78. The fourth-order valence-electron chi connectivity index (χ4n) is 2.34. The van der Waals surface area contributed by atoms with Crippen molar-refractivity contribution in [1.29, 1.82) is 0 Å². The fraction of sp³-hybridized carbons (Fsp3) is 0.167. The van der Waals surface area contributed by atoms with Gasteiger partial charge in [0.25, 0.3) is 0 Å². The van der Waals surface area contributed by atoms with Crippen LogP contribution in [0.25, 0.3) is 0 Å². The number of halogens is 1. The van der Waals surface area contributed by atoms with Crippen LogP contribution in [0.3, 0.4) is 0 Å². The van der Waals surface area contributed by atoms with Gasteiger partial charge in [0.1, 0.15) is 5.75 Å². The number of hydrogen-bond donors (Lipinski definition) is 2. The first-order chi connectivity index (χ1) is 12.2. The van der Waals surface area contributed by atoms with Crippen molar-refractivity contribution in [1.82, 2.24) is 15.2 Å². The van der Waals surface area contributed by atoms with Crippen molar-refractivity contribution in [3.8, 4) is 5.75 Å². The topological polar surface area (TPSA) is 72.0 Å². The number of benzene rings is 2. The molecule has 0 saturated carbocycles. The maximum atomic E-state index is 6.14.